The van der Waals surface area contributed by atoms with Gasteiger partial charge in [-0.15, -0.1) is 0 Å². The second kappa shape index (κ2) is 11.4. The van der Waals surface area contributed by atoms with Crippen molar-refractivity contribution in [2.24, 2.45) is 5.92 Å². The molecule has 3 rings (SSSR count). The van der Waals surface area contributed by atoms with E-state index in [-0.39, 0.29) is 23.3 Å². The summed E-state index contributed by atoms with van der Waals surface area (Å²) in [7, 11) is 0. The number of ether oxygens (including phenoxy) is 1. The summed E-state index contributed by atoms with van der Waals surface area (Å²) in [4.78, 5) is 42.0. The molecule has 0 aromatic heterocycles. The quantitative estimate of drug-likeness (QED) is 0.414. The number of carbonyl (C=O) groups is 3. The highest BCUT2D eigenvalue weighted by atomic mass is 35.5. The van der Waals surface area contributed by atoms with E-state index in [1.807, 2.05) is 26.8 Å². The number of carbonyl (C=O) groups excluding carboxylic acids is 3. The summed E-state index contributed by atoms with van der Waals surface area (Å²) in [6.45, 7) is 10.7. The van der Waals surface area contributed by atoms with Gasteiger partial charge in [0.15, 0.2) is 0 Å². The number of amides is 3. The summed E-state index contributed by atoms with van der Waals surface area (Å²) in [5, 5.41) is 16.7. The zero-order valence-electron chi connectivity index (χ0n) is 22.2. The van der Waals surface area contributed by atoms with Crippen LogP contribution in [0.1, 0.15) is 64.6 Å². The monoisotopic (exact) mass is 529 g/mol. The van der Waals surface area contributed by atoms with Crippen molar-refractivity contribution >= 4 is 35.2 Å². The first-order chi connectivity index (χ1) is 17.3. The Morgan fingerprint density at radius 1 is 1.08 bits per heavy atom. The molecule has 200 valence electrons. The average molecular weight is 530 g/mol. The standard InChI is InChI=1S/C28H36ClN3O5/c1-16(2)22(31-27(36)37-28(4,5)6)26(35)32(18-14-15-18)24(19-11-7-8-13-21(19)33)25(34)30-23-17(3)10-9-12-20(23)29/h7-13,16,18,22,24,33H,14-15H2,1-6H3,(H,30,34)(H,31,36). The van der Waals surface area contributed by atoms with Crippen LogP contribution in [0.15, 0.2) is 42.5 Å². The molecule has 2 aromatic carbocycles. The van der Waals surface area contributed by atoms with Crippen LogP contribution in [0.5, 0.6) is 5.75 Å². The van der Waals surface area contributed by atoms with Crippen molar-refractivity contribution in [2.45, 2.75) is 78.1 Å². The van der Waals surface area contributed by atoms with Crippen molar-refractivity contribution in [3.8, 4) is 5.75 Å². The maximum atomic E-state index is 14.1. The molecule has 9 heteroatoms. The van der Waals surface area contributed by atoms with Gasteiger partial charge in [0.25, 0.3) is 5.91 Å². The van der Waals surface area contributed by atoms with Gasteiger partial charge in [-0.2, -0.15) is 0 Å². The van der Waals surface area contributed by atoms with E-state index in [9.17, 15) is 19.5 Å². The average Bonchev–Trinajstić information content (AvgIpc) is 3.62. The molecule has 0 heterocycles. The molecule has 0 bridgehead atoms. The topological polar surface area (TPSA) is 108 Å². The number of nitrogens with zero attached hydrogens (tertiary/aromatic N) is 1. The van der Waals surface area contributed by atoms with Crippen LogP contribution in [-0.2, 0) is 14.3 Å². The van der Waals surface area contributed by atoms with E-state index in [2.05, 4.69) is 10.6 Å². The highest BCUT2D eigenvalue weighted by molar-refractivity contribution is 6.34. The number of para-hydroxylation sites is 2. The van der Waals surface area contributed by atoms with Gasteiger partial charge in [0, 0.05) is 11.6 Å². The molecule has 2 unspecified atom stereocenters. The van der Waals surface area contributed by atoms with E-state index in [0.717, 1.165) is 5.56 Å². The molecule has 2 atom stereocenters. The maximum Gasteiger partial charge on any atom is 0.408 e. The minimum absolute atomic E-state index is 0.113. The molecule has 1 fully saturated rings. The smallest absolute Gasteiger partial charge is 0.408 e. The van der Waals surface area contributed by atoms with Crippen LogP contribution >= 0.6 is 11.6 Å². The number of hydrogen-bond acceptors (Lipinski definition) is 5. The van der Waals surface area contributed by atoms with Crippen LogP contribution in [0.2, 0.25) is 5.02 Å². The second-order valence-electron chi connectivity index (χ2n) is 10.7. The van der Waals surface area contributed by atoms with Gasteiger partial charge >= 0.3 is 6.09 Å². The van der Waals surface area contributed by atoms with Crippen molar-refractivity contribution < 1.29 is 24.2 Å². The van der Waals surface area contributed by atoms with Gasteiger partial charge in [-0.3, -0.25) is 9.59 Å². The van der Waals surface area contributed by atoms with E-state index in [1.54, 1.807) is 51.1 Å². The molecule has 0 saturated heterocycles. The summed E-state index contributed by atoms with van der Waals surface area (Å²) in [5.41, 5.74) is 0.734. The predicted octanol–water partition coefficient (Wildman–Crippen LogP) is 5.57. The number of phenolic OH excluding ortho intramolecular Hbond substituents is 1. The number of halogens is 1. The molecule has 3 N–H and O–H groups in total. The predicted molar refractivity (Wildman–Crippen MR) is 144 cm³/mol. The number of alkyl carbamates (subject to hydrolysis) is 1. The fraction of sp³-hybridized carbons (Fsp3) is 0.464. The van der Waals surface area contributed by atoms with E-state index in [4.69, 9.17) is 16.3 Å². The highest BCUT2D eigenvalue weighted by Crippen LogP contribution is 2.39. The highest BCUT2D eigenvalue weighted by Gasteiger charge is 2.45. The number of phenols is 1. The van der Waals surface area contributed by atoms with Crippen LogP contribution in [0.3, 0.4) is 0 Å². The molecule has 0 radical (unpaired) electrons. The van der Waals surface area contributed by atoms with Gasteiger partial charge in [0.05, 0.1) is 10.7 Å². The number of anilines is 1. The molecule has 3 amide bonds. The zero-order valence-corrected chi connectivity index (χ0v) is 22.9. The molecule has 2 aromatic rings. The van der Waals surface area contributed by atoms with Crippen molar-refractivity contribution in [2.75, 3.05) is 5.32 Å². The number of aromatic hydroxyl groups is 1. The van der Waals surface area contributed by atoms with Gasteiger partial charge in [0.1, 0.15) is 23.4 Å². The number of aryl methyl sites for hydroxylation is 1. The molecule has 0 spiro atoms. The van der Waals surface area contributed by atoms with Crippen LogP contribution in [0, 0.1) is 12.8 Å². The Morgan fingerprint density at radius 2 is 1.73 bits per heavy atom. The van der Waals surface area contributed by atoms with E-state index in [0.29, 0.717) is 23.6 Å². The summed E-state index contributed by atoms with van der Waals surface area (Å²) < 4.78 is 5.39. The molecule has 8 nitrogen and oxygen atoms in total. The Balaban J connectivity index is 2.02. The molecular weight excluding hydrogens is 494 g/mol. The third-order valence-corrected chi connectivity index (χ3v) is 6.34. The molecule has 0 aliphatic heterocycles. The lowest BCUT2D eigenvalue weighted by Crippen LogP contribution is -2.55. The normalized spacial score (nSPS) is 15.0. The Labute approximate surface area is 223 Å². The van der Waals surface area contributed by atoms with Crippen LogP contribution in [0.4, 0.5) is 10.5 Å². The summed E-state index contributed by atoms with van der Waals surface area (Å²) in [5.74, 6) is -1.35. The Hall–Kier alpha value is -3.26. The summed E-state index contributed by atoms with van der Waals surface area (Å²) in [6.07, 6.45) is 0.683. The van der Waals surface area contributed by atoms with Crippen LogP contribution in [-0.4, -0.2) is 45.6 Å². The second-order valence-corrected chi connectivity index (χ2v) is 11.1. The van der Waals surface area contributed by atoms with Gasteiger partial charge in [-0.05, 0) is 64.2 Å². The van der Waals surface area contributed by atoms with Crippen molar-refractivity contribution in [3.63, 3.8) is 0 Å². The van der Waals surface area contributed by atoms with E-state index >= 15 is 0 Å². The van der Waals surface area contributed by atoms with Crippen LogP contribution in [0.25, 0.3) is 0 Å². The Bertz CT molecular complexity index is 1140. The summed E-state index contributed by atoms with van der Waals surface area (Å²) >= 11 is 6.37. The first kappa shape index (κ1) is 28.3. The minimum Gasteiger partial charge on any atom is -0.508 e. The zero-order chi connectivity index (χ0) is 27.5. The number of nitrogens with one attached hydrogen (secondary N) is 2. The molecular formula is C28H36ClN3O5. The number of hydrogen-bond donors (Lipinski definition) is 3. The largest absolute Gasteiger partial charge is 0.508 e. The van der Waals surface area contributed by atoms with Gasteiger partial charge in [-0.1, -0.05) is 55.8 Å². The van der Waals surface area contributed by atoms with Crippen LogP contribution < -0.4 is 10.6 Å². The van der Waals surface area contributed by atoms with Gasteiger partial charge in [-0.25, -0.2) is 4.79 Å². The first-order valence-corrected chi connectivity index (χ1v) is 12.8. The van der Waals surface area contributed by atoms with Crippen molar-refractivity contribution in [3.05, 3.63) is 58.6 Å². The Kier molecular flexibility index (Phi) is 8.74. The molecule has 1 saturated carbocycles. The molecule has 37 heavy (non-hydrogen) atoms. The first-order valence-electron chi connectivity index (χ1n) is 12.5. The third kappa shape index (κ3) is 7.16. The fourth-order valence-electron chi connectivity index (χ4n) is 4.10. The lowest BCUT2D eigenvalue weighted by atomic mass is 9.98. The molecule has 1 aliphatic carbocycles. The lowest BCUT2D eigenvalue weighted by molar-refractivity contribution is -0.142. The third-order valence-electron chi connectivity index (χ3n) is 6.03. The van der Waals surface area contributed by atoms with E-state index < -0.39 is 35.6 Å². The SMILES string of the molecule is Cc1cccc(Cl)c1NC(=O)C(c1ccccc1O)N(C(=O)C(NC(=O)OC(C)(C)C)C(C)C)C1CC1. The van der Waals surface area contributed by atoms with E-state index in [1.165, 1.54) is 11.0 Å². The lowest BCUT2D eigenvalue weighted by Gasteiger charge is -2.36. The van der Waals surface area contributed by atoms with Gasteiger partial charge in [0.2, 0.25) is 5.91 Å². The maximum absolute atomic E-state index is 14.1. The number of benzene rings is 2. The minimum atomic E-state index is -1.15. The fourth-order valence-corrected chi connectivity index (χ4v) is 4.37. The van der Waals surface area contributed by atoms with Crippen molar-refractivity contribution in [1.82, 2.24) is 10.2 Å². The van der Waals surface area contributed by atoms with Gasteiger partial charge < -0.3 is 25.4 Å². The number of rotatable bonds is 8. The summed E-state index contributed by atoms with van der Waals surface area (Å²) in [6, 6.07) is 9.39. The Morgan fingerprint density at radius 3 is 2.27 bits per heavy atom. The molecule has 1 aliphatic rings. The van der Waals surface area contributed by atoms with Crippen molar-refractivity contribution in [1.29, 1.82) is 0 Å².